The number of carbonyl (C=O) groups excluding carboxylic acids is 1. The van der Waals surface area contributed by atoms with Crippen molar-refractivity contribution in [1.82, 2.24) is 5.32 Å². The fraction of sp³-hybridized carbons (Fsp3) is 0.462. The summed E-state index contributed by atoms with van der Waals surface area (Å²) in [6.07, 6.45) is 2.58. The van der Waals surface area contributed by atoms with Gasteiger partial charge in [-0.25, -0.2) is 0 Å². The summed E-state index contributed by atoms with van der Waals surface area (Å²) in [5.41, 5.74) is 6.32. The molecule has 1 saturated carbocycles. The van der Waals surface area contributed by atoms with Crippen LogP contribution in [0.3, 0.4) is 0 Å². The first-order valence-electron chi connectivity index (χ1n) is 5.93. The second-order valence-corrected chi connectivity index (χ2v) is 4.96. The zero-order chi connectivity index (χ0) is 12.3. The molecule has 0 unspecified atom stereocenters. The largest absolute Gasteiger partial charge is 0.370 e. The quantitative estimate of drug-likeness (QED) is 0.843. The minimum absolute atomic E-state index is 0.250. The minimum Gasteiger partial charge on any atom is -0.370 e. The van der Waals surface area contributed by atoms with E-state index in [1.165, 1.54) is 5.56 Å². The van der Waals surface area contributed by atoms with Gasteiger partial charge in [-0.2, -0.15) is 0 Å². The number of nitrogens with one attached hydrogen (secondary N) is 1. The Hall–Kier alpha value is -1.06. The van der Waals surface area contributed by atoms with Gasteiger partial charge in [0.2, 0.25) is 5.91 Å². The molecule has 1 fully saturated rings. The molecule has 2 rings (SSSR count). The van der Waals surface area contributed by atoms with Crippen LogP contribution in [0.4, 0.5) is 0 Å². The van der Waals surface area contributed by atoms with Crippen LogP contribution in [0.5, 0.6) is 0 Å². The Morgan fingerprint density at radius 2 is 2.12 bits per heavy atom. The maximum Gasteiger partial charge on any atom is 0.218 e. The van der Waals surface area contributed by atoms with E-state index in [9.17, 15) is 4.79 Å². The summed E-state index contributed by atoms with van der Waals surface area (Å²) < 4.78 is 0. The molecule has 0 bridgehead atoms. The lowest BCUT2D eigenvalue weighted by Gasteiger charge is -2.36. The molecule has 1 amide bonds. The second kappa shape index (κ2) is 5.52. The fourth-order valence-electron chi connectivity index (χ4n) is 2.24. The molecule has 92 valence electrons. The van der Waals surface area contributed by atoms with E-state index in [0.29, 0.717) is 24.9 Å². The molecule has 1 aromatic carbocycles. The molecule has 0 saturated heterocycles. The molecular weight excluding hydrogens is 236 g/mol. The summed E-state index contributed by atoms with van der Waals surface area (Å²) >= 11 is 6.14. The third kappa shape index (κ3) is 3.20. The molecule has 3 nitrogen and oxygen atoms in total. The number of hydrogen-bond acceptors (Lipinski definition) is 2. The lowest BCUT2D eigenvalue weighted by atomic mass is 9.76. The molecule has 4 heteroatoms. The van der Waals surface area contributed by atoms with E-state index in [1.807, 2.05) is 18.2 Å². The summed E-state index contributed by atoms with van der Waals surface area (Å²) in [6, 6.07) is 8.50. The van der Waals surface area contributed by atoms with E-state index in [4.69, 9.17) is 17.3 Å². The molecular formula is C13H17ClN2O. The van der Waals surface area contributed by atoms with Gasteiger partial charge in [0.1, 0.15) is 0 Å². The smallest absolute Gasteiger partial charge is 0.218 e. The molecule has 0 aromatic heterocycles. The van der Waals surface area contributed by atoms with Gasteiger partial charge in [0.05, 0.1) is 0 Å². The van der Waals surface area contributed by atoms with Crippen LogP contribution in [0.1, 0.15) is 30.7 Å². The third-order valence-corrected chi connectivity index (χ3v) is 3.63. The van der Waals surface area contributed by atoms with Crippen molar-refractivity contribution in [3.05, 3.63) is 34.9 Å². The van der Waals surface area contributed by atoms with Crippen molar-refractivity contribution >= 4 is 17.5 Å². The average Bonchev–Trinajstić information content (AvgIpc) is 2.23. The molecule has 0 atom stereocenters. The van der Waals surface area contributed by atoms with Crippen LogP contribution in [0, 0.1) is 0 Å². The second-order valence-electron chi connectivity index (χ2n) is 4.56. The maximum atomic E-state index is 10.6. The van der Waals surface area contributed by atoms with Gasteiger partial charge in [-0.05, 0) is 30.4 Å². The standard InChI is InChI=1S/C13H17ClN2O/c14-12-4-2-1-3-11(12)9-7-10(8-9)16-6-5-13(15)17/h1-4,9-10,16H,5-8H2,(H2,15,17). The van der Waals surface area contributed by atoms with Crippen molar-refractivity contribution < 1.29 is 4.79 Å². The Kier molecular flexibility index (Phi) is 4.02. The molecule has 17 heavy (non-hydrogen) atoms. The maximum absolute atomic E-state index is 10.6. The first kappa shape index (κ1) is 12.4. The molecule has 1 aromatic rings. The number of carbonyl (C=O) groups is 1. The SMILES string of the molecule is NC(=O)CCNC1CC(c2ccccc2Cl)C1. The van der Waals surface area contributed by atoms with Gasteiger partial charge in [-0.15, -0.1) is 0 Å². The van der Waals surface area contributed by atoms with Gasteiger partial charge in [0.25, 0.3) is 0 Å². The third-order valence-electron chi connectivity index (χ3n) is 3.29. The molecule has 0 radical (unpaired) electrons. The van der Waals surface area contributed by atoms with Gasteiger partial charge in [0.15, 0.2) is 0 Å². The predicted molar refractivity (Wildman–Crippen MR) is 69.0 cm³/mol. The van der Waals surface area contributed by atoms with Crippen LogP contribution >= 0.6 is 11.6 Å². The number of halogens is 1. The van der Waals surface area contributed by atoms with Crippen LogP contribution in [-0.4, -0.2) is 18.5 Å². The Balaban J connectivity index is 1.76. The zero-order valence-electron chi connectivity index (χ0n) is 9.66. The van der Waals surface area contributed by atoms with Gasteiger partial charge >= 0.3 is 0 Å². The van der Waals surface area contributed by atoms with Gasteiger partial charge in [-0.1, -0.05) is 29.8 Å². The first-order chi connectivity index (χ1) is 8.16. The van der Waals surface area contributed by atoms with Crippen LogP contribution in [-0.2, 0) is 4.79 Å². The Labute approximate surface area is 106 Å². The zero-order valence-corrected chi connectivity index (χ0v) is 10.4. The van der Waals surface area contributed by atoms with E-state index in [-0.39, 0.29) is 5.91 Å². The normalized spacial score (nSPS) is 23.1. The lowest BCUT2D eigenvalue weighted by molar-refractivity contribution is -0.117. The van der Waals surface area contributed by atoms with Crippen LogP contribution in [0.25, 0.3) is 0 Å². The Morgan fingerprint density at radius 1 is 1.41 bits per heavy atom. The van der Waals surface area contributed by atoms with Gasteiger partial charge in [0, 0.05) is 24.0 Å². The van der Waals surface area contributed by atoms with Crippen molar-refractivity contribution in [2.75, 3.05) is 6.54 Å². The van der Waals surface area contributed by atoms with Crippen LogP contribution in [0.2, 0.25) is 5.02 Å². The van der Waals surface area contributed by atoms with Crippen molar-refractivity contribution in [2.45, 2.75) is 31.2 Å². The summed E-state index contributed by atoms with van der Waals surface area (Å²) in [5, 5.41) is 4.18. The Morgan fingerprint density at radius 3 is 2.76 bits per heavy atom. The Bertz CT molecular complexity index is 402. The van der Waals surface area contributed by atoms with Crippen LogP contribution in [0.15, 0.2) is 24.3 Å². The molecule has 1 aliphatic rings. The summed E-state index contributed by atoms with van der Waals surface area (Å²) in [4.78, 5) is 10.6. The molecule has 1 aliphatic carbocycles. The number of primary amides is 1. The van der Waals surface area contributed by atoms with E-state index < -0.39 is 0 Å². The van der Waals surface area contributed by atoms with Crippen molar-refractivity contribution in [3.8, 4) is 0 Å². The molecule has 0 heterocycles. The fourth-order valence-corrected chi connectivity index (χ4v) is 2.53. The average molecular weight is 253 g/mol. The highest BCUT2D eigenvalue weighted by Gasteiger charge is 2.30. The highest BCUT2D eigenvalue weighted by molar-refractivity contribution is 6.31. The molecule has 3 N–H and O–H groups in total. The van der Waals surface area contributed by atoms with E-state index in [2.05, 4.69) is 11.4 Å². The first-order valence-corrected chi connectivity index (χ1v) is 6.30. The van der Waals surface area contributed by atoms with Gasteiger partial charge < -0.3 is 11.1 Å². The number of benzene rings is 1. The summed E-state index contributed by atoms with van der Waals surface area (Å²) in [7, 11) is 0. The number of amides is 1. The predicted octanol–water partition coefficient (Wildman–Crippen LogP) is 2.05. The molecule has 0 aliphatic heterocycles. The summed E-state index contributed by atoms with van der Waals surface area (Å²) in [6.45, 7) is 0.676. The van der Waals surface area contributed by atoms with E-state index in [1.54, 1.807) is 0 Å². The molecule has 0 spiro atoms. The number of rotatable bonds is 5. The van der Waals surface area contributed by atoms with Crippen molar-refractivity contribution in [3.63, 3.8) is 0 Å². The lowest BCUT2D eigenvalue weighted by Crippen LogP contribution is -2.41. The highest BCUT2D eigenvalue weighted by atomic mass is 35.5. The number of hydrogen-bond donors (Lipinski definition) is 2. The van der Waals surface area contributed by atoms with E-state index >= 15 is 0 Å². The van der Waals surface area contributed by atoms with Crippen molar-refractivity contribution in [2.24, 2.45) is 5.73 Å². The highest BCUT2D eigenvalue weighted by Crippen LogP contribution is 2.39. The van der Waals surface area contributed by atoms with E-state index in [0.717, 1.165) is 17.9 Å². The minimum atomic E-state index is -0.250. The topological polar surface area (TPSA) is 55.1 Å². The van der Waals surface area contributed by atoms with Crippen LogP contribution < -0.4 is 11.1 Å². The van der Waals surface area contributed by atoms with Gasteiger partial charge in [-0.3, -0.25) is 4.79 Å². The monoisotopic (exact) mass is 252 g/mol. The summed E-state index contributed by atoms with van der Waals surface area (Å²) in [5.74, 6) is 0.300. The van der Waals surface area contributed by atoms with Crippen molar-refractivity contribution in [1.29, 1.82) is 0 Å². The number of nitrogens with two attached hydrogens (primary N) is 1.